The van der Waals surface area contributed by atoms with E-state index in [1.807, 2.05) is 13.8 Å². The van der Waals surface area contributed by atoms with Crippen molar-refractivity contribution < 1.29 is 19.1 Å². The van der Waals surface area contributed by atoms with E-state index in [9.17, 15) is 9.59 Å². The third kappa shape index (κ3) is 3.94. The summed E-state index contributed by atoms with van der Waals surface area (Å²) in [5.74, 6) is 3.12. The Morgan fingerprint density at radius 1 is 1.25 bits per heavy atom. The molecule has 1 saturated heterocycles. The minimum Gasteiger partial charge on any atom is -0.490 e. The van der Waals surface area contributed by atoms with Gasteiger partial charge in [0.1, 0.15) is 0 Å². The van der Waals surface area contributed by atoms with Crippen LogP contribution in [-0.2, 0) is 4.79 Å². The number of terminal acetylenes is 1. The molecule has 1 heterocycles. The molecule has 1 aliphatic rings. The van der Waals surface area contributed by atoms with Gasteiger partial charge in [-0.1, -0.05) is 21.9 Å². The van der Waals surface area contributed by atoms with Gasteiger partial charge >= 0.3 is 0 Å². The molecule has 24 heavy (non-hydrogen) atoms. The van der Waals surface area contributed by atoms with Crippen molar-refractivity contribution in [2.75, 3.05) is 19.8 Å². The number of carbonyl (C=O) groups excluding carboxylic acids is 2. The second kappa shape index (κ2) is 8.27. The van der Waals surface area contributed by atoms with Gasteiger partial charge in [0.25, 0.3) is 11.1 Å². The molecule has 0 aromatic heterocycles. The number of hydrogen-bond donors (Lipinski definition) is 0. The molecule has 2 amide bonds. The zero-order valence-electron chi connectivity index (χ0n) is 13.3. The molecule has 5 nitrogen and oxygen atoms in total. The predicted octanol–water partition coefficient (Wildman–Crippen LogP) is 3.92. The number of rotatable bonds is 6. The third-order valence-corrected chi connectivity index (χ3v) is 4.67. The van der Waals surface area contributed by atoms with Crippen molar-refractivity contribution >= 4 is 44.9 Å². The molecule has 1 aromatic carbocycles. The van der Waals surface area contributed by atoms with Gasteiger partial charge in [-0.2, -0.15) is 0 Å². The fraction of sp³-hybridized carbons (Fsp3) is 0.294. The quantitative estimate of drug-likeness (QED) is 0.526. The largest absolute Gasteiger partial charge is 0.490 e. The van der Waals surface area contributed by atoms with Crippen LogP contribution in [0.4, 0.5) is 4.79 Å². The van der Waals surface area contributed by atoms with E-state index in [1.165, 1.54) is 0 Å². The van der Waals surface area contributed by atoms with Crippen molar-refractivity contribution in [2.45, 2.75) is 13.8 Å². The summed E-state index contributed by atoms with van der Waals surface area (Å²) in [6.07, 6.45) is 6.83. The van der Waals surface area contributed by atoms with Crippen molar-refractivity contribution in [3.8, 4) is 23.8 Å². The van der Waals surface area contributed by atoms with Crippen LogP contribution in [-0.4, -0.2) is 35.8 Å². The lowest BCUT2D eigenvalue weighted by Crippen LogP contribution is -2.28. The Hall–Kier alpha value is -1.91. The molecular weight excluding hydrogens is 394 g/mol. The van der Waals surface area contributed by atoms with Crippen molar-refractivity contribution in [1.29, 1.82) is 0 Å². The SMILES string of the molecule is C#CCN1C(=O)S/C(=C/c2cc(OCC)c(OCC)cc2Br)C1=O. The number of carbonyl (C=O) groups is 2. The number of halogens is 1. The lowest BCUT2D eigenvalue weighted by Gasteiger charge is -2.13. The van der Waals surface area contributed by atoms with Gasteiger partial charge in [-0.3, -0.25) is 14.5 Å². The summed E-state index contributed by atoms with van der Waals surface area (Å²) in [6, 6.07) is 3.56. The maximum absolute atomic E-state index is 12.3. The van der Waals surface area contributed by atoms with Crippen LogP contribution in [0.3, 0.4) is 0 Å². The average molecular weight is 410 g/mol. The molecule has 1 fully saturated rings. The summed E-state index contributed by atoms with van der Waals surface area (Å²) in [6.45, 7) is 4.73. The number of ether oxygens (including phenoxy) is 2. The molecule has 0 saturated carbocycles. The minimum atomic E-state index is -0.387. The normalized spacial score (nSPS) is 15.8. The molecule has 126 valence electrons. The number of imide groups is 1. The first-order valence-corrected chi connectivity index (χ1v) is 8.90. The van der Waals surface area contributed by atoms with E-state index < -0.39 is 0 Å². The molecule has 2 rings (SSSR count). The summed E-state index contributed by atoms with van der Waals surface area (Å²) in [5.41, 5.74) is 0.716. The summed E-state index contributed by atoms with van der Waals surface area (Å²) in [7, 11) is 0. The molecule has 0 atom stereocenters. The first-order valence-electron chi connectivity index (χ1n) is 7.29. The Morgan fingerprint density at radius 2 is 1.88 bits per heavy atom. The second-order valence-corrected chi connectivity index (χ2v) is 6.51. The molecule has 0 radical (unpaired) electrons. The zero-order chi connectivity index (χ0) is 17.7. The van der Waals surface area contributed by atoms with Crippen LogP contribution in [0.5, 0.6) is 11.5 Å². The van der Waals surface area contributed by atoms with Gasteiger partial charge in [-0.05, 0) is 49.4 Å². The molecule has 1 aromatic rings. The molecule has 0 N–H and O–H groups in total. The van der Waals surface area contributed by atoms with Crippen molar-refractivity contribution in [1.82, 2.24) is 4.90 Å². The summed E-state index contributed by atoms with van der Waals surface area (Å²) >= 11 is 4.33. The minimum absolute atomic E-state index is 0.0311. The lowest BCUT2D eigenvalue weighted by atomic mass is 10.2. The van der Waals surface area contributed by atoms with E-state index in [0.717, 1.165) is 21.1 Å². The maximum atomic E-state index is 12.3. The van der Waals surface area contributed by atoms with E-state index in [4.69, 9.17) is 15.9 Å². The smallest absolute Gasteiger partial charge is 0.294 e. The van der Waals surface area contributed by atoms with Crippen LogP contribution < -0.4 is 9.47 Å². The molecule has 0 spiro atoms. The number of thioether (sulfide) groups is 1. The van der Waals surface area contributed by atoms with Crippen LogP contribution >= 0.6 is 27.7 Å². The van der Waals surface area contributed by atoms with Gasteiger partial charge in [0.2, 0.25) is 0 Å². The van der Waals surface area contributed by atoms with Gasteiger partial charge in [-0.15, -0.1) is 6.42 Å². The first-order chi connectivity index (χ1) is 11.5. The van der Waals surface area contributed by atoms with E-state index in [-0.39, 0.29) is 17.7 Å². The molecule has 1 aliphatic heterocycles. The highest BCUT2D eigenvalue weighted by atomic mass is 79.9. The highest BCUT2D eigenvalue weighted by Crippen LogP contribution is 2.38. The van der Waals surface area contributed by atoms with Crippen molar-refractivity contribution in [3.05, 3.63) is 27.1 Å². The zero-order valence-corrected chi connectivity index (χ0v) is 15.7. The van der Waals surface area contributed by atoms with E-state index in [2.05, 4.69) is 21.9 Å². The van der Waals surface area contributed by atoms with E-state index in [0.29, 0.717) is 35.2 Å². The van der Waals surface area contributed by atoms with Crippen LogP contribution in [0.25, 0.3) is 6.08 Å². The number of benzene rings is 1. The van der Waals surface area contributed by atoms with Gasteiger partial charge in [0.05, 0.1) is 24.7 Å². The van der Waals surface area contributed by atoms with E-state index in [1.54, 1.807) is 18.2 Å². The van der Waals surface area contributed by atoms with Crippen LogP contribution in [0, 0.1) is 12.3 Å². The topological polar surface area (TPSA) is 55.8 Å². The fourth-order valence-corrected chi connectivity index (χ4v) is 3.33. The predicted molar refractivity (Wildman–Crippen MR) is 98.0 cm³/mol. The summed E-state index contributed by atoms with van der Waals surface area (Å²) in [5, 5.41) is -0.365. The summed E-state index contributed by atoms with van der Waals surface area (Å²) < 4.78 is 11.9. The average Bonchev–Trinajstić information content (AvgIpc) is 2.80. The van der Waals surface area contributed by atoms with Crippen LogP contribution in [0.15, 0.2) is 21.5 Å². The Bertz CT molecular complexity index is 739. The Morgan fingerprint density at radius 3 is 2.46 bits per heavy atom. The highest BCUT2D eigenvalue weighted by Gasteiger charge is 2.34. The molecule has 0 bridgehead atoms. The number of hydrogen-bond acceptors (Lipinski definition) is 5. The Labute approximate surface area is 153 Å². The van der Waals surface area contributed by atoms with Crippen molar-refractivity contribution in [3.63, 3.8) is 0 Å². The number of amides is 2. The maximum Gasteiger partial charge on any atom is 0.294 e. The van der Waals surface area contributed by atoms with Crippen LogP contribution in [0.2, 0.25) is 0 Å². The highest BCUT2D eigenvalue weighted by molar-refractivity contribution is 9.10. The second-order valence-electron chi connectivity index (χ2n) is 4.66. The number of nitrogens with zero attached hydrogens (tertiary/aromatic N) is 1. The standard InChI is InChI=1S/C17H16BrNO4S/c1-4-7-19-16(20)15(24-17(19)21)9-11-8-13(22-5-2)14(23-6-3)10-12(11)18/h1,8-10H,5-7H2,2-3H3/b15-9+. The van der Waals surface area contributed by atoms with Gasteiger partial charge in [0, 0.05) is 4.47 Å². The van der Waals surface area contributed by atoms with E-state index >= 15 is 0 Å². The molecular formula is C17H16BrNO4S. The van der Waals surface area contributed by atoms with Gasteiger partial charge in [-0.25, -0.2) is 0 Å². The molecule has 0 unspecified atom stereocenters. The Balaban J connectivity index is 2.39. The lowest BCUT2D eigenvalue weighted by molar-refractivity contribution is -0.122. The van der Waals surface area contributed by atoms with Crippen molar-refractivity contribution in [2.24, 2.45) is 0 Å². The summed E-state index contributed by atoms with van der Waals surface area (Å²) in [4.78, 5) is 25.5. The fourth-order valence-electron chi connectivity index (χ4n) is 2.07. The van der Waals surface area contributed by atoms with Gasteiger partial charge in [0.15, 0.2) is 11.5 Å². The molecule has 7 heteroatoms. The monoisotopic (exact) mass is 409 g/mol. The van der Waals surface area contributed by atoms with Gasteiger partial charge < -0.3 is 9.47 Å². The third-order valence-electron chi connectivity index (χ3n) is 3.07. The molecule has 0 aliphatic carbocycles. The Kier molecular flexibility index (Phi) is 6.35. The van der Waals surface area contributed by atoms with Crippen LogP contribution in [0.1, 0.15) is 19.4 Å². The first kappa shape index (κ1) is 18.4.